The number of piperidine rings is 1. The number of nitrogens with two attached hydrogens (primary N) is 1. The molecule has 2 bridgehead atoms. The van der Waals surface area contributed by atoms with Gasteiger partial charge in [-0.1, -0.05) is 13.8 Å². The fourth-order valence-corrected chi connectivity index (χ4v) is 4.62. The molecule has 3 N–H and O–H groups in total. The van der Waals surface area contributed by atoms with Crippen molar-refractivity contribution in [1.29, 1.82) is 0 Å². The van der Waals surface area contributed by atoms with Crippen molar-refractivity contribution in [3.8, 4) is 0 Å². The lowest BCUT2D eigenvalue weighted by molar-refractivity contribution is 0.321. The predicted molar refractivity (Wildman–Crippen MR) is 79.5 cm³/mol. The SMILES string of the molecule is CCC(N)(CC)CNS(=O)(=O)N1CC2CCC1C2.Cl. The lowest BCUT2D eigenvalue weighted by Gasteiger charge is -2.30. The van der Waals surface area contributed by atoms with Gasteiger partial charge in [-0.3, -0.25) is 0 Å². The Hall–Kier alpha value is 0.120. The molecule has 1 aliphatic carbocycles. The van der Waals surface area contributed by atoms with Crippen LogP contribution < -0.4 is 10.5 Å². The van der Waals surface area contributed by atoms with Crippen molar-refractivity contribution in [2.75, 3.05) is 13.1 Å². The predicted octanol–water partition coefficient (Wildman–Crippen LogP) is 1.24. The maximum absolute atomic E-state index is 12.3. The maximum Gasteiger partial charge on any atom is 0.279 e. The van der Waals surface area contributed by atoms with E-state index < -0.39 is 15.7 Å². The molecule has 2 rings (SSSR count). The van der Waals surface area contributed by atoms with Gasteiger partial charge in [-0.25, -0.2) is 4.72 Å². The van der Waals surface area contributed by atoms with Gasteiger partial charge in [0.15, 0.2) is 0 Å². The van der Waals surface area contributed by atoms with Gasteiger partial charge in [-0.05, 0) is 38.0 Å². The molecule has 2 fully saturated rings. The van der Waals surface area contributed by atoms with Gasteiger partial charge in [0.2, 0.25) is 0 Å². The molecule has 0 aromatic carbocycles. The Morgan fingerprint density at radius 3 is 2.37 bits per heavy atom. The Bertz CT molecular complexity index is 398. The van der Waals surface area contributed by atoms with Crippen LogP contribution in [-0.2, 0) is 10.2 Å². The van der Waals surface area contributed by atoms with E-state index in [9.17, 15) is 8.42 Å². The molecule has 1 saturated carbocycles. The summed E-state index contributed by atoms with van der Waals surface area (Å²) < 4.78 is 28.9. The zero-order valence-electron chi connectivity index (χ0n) is 11.8. The van der Waals surface area contributed by atoms with Crippen LogP contribution in [0.2, 0.25) is 0 Å². The van der Waals surface area contributed by atoms with Crippen LogP contribution in [0.5, 0.6) is 0 Å². The molecule has 0 radical (unpaired) electrons. The smallest absolute Gasteiger partial charge is 0.279 e. The molecule has 0 aromatic heterocycles. The average Bonchev–Trinajstić information content (AvgIpc) is 2.98. The fraction of sp³-hybridized carbons (Fsp3) is 1.00. The largest absolute Gasteiger partial charge is 0.324 e. The summed E-state index contributed by atoms with van der Waals surface area (Å²) in [4.78, 5) is 0. The number of halogens is 1. The monoisotopic (exact) mass is 311 g/mol. The van der Waals surface area contributed by atoms with Crippen LogP contribution in [0.25, 0.3) is 0 Å². The molecular formula is C12H26ClN3O2S. The van der Waals surface area contributed by atoms with Gasteiger partial charge in [0.25, 0.3) is 10.2 Å². The lowest BCUT2D eigenvalue weighted by atomic mass is 9.95. The van der Waals surface area contributed by atoms with Gasteiger partial charge in [0.1, 0.15) is 0 Å². The number of nitrogens with zero attached hydrogens (tertiary/aromatic N) is 1. The van der Waals surface area contributed by atoms with Crippen molar-refractivity contribution in [2.24, 2.45) is 11.7 Å². The van der Waals surface area contributed by atoms with Crippen LogP contribution in [0.1, 0.15) is 46.0 Å². The molecule has 2 unspecified atom stereocenters. The van der Waals surface area contributed by atoms with E-state index >= 15 is 0 Å². The van der Waals surface area contributed by atoms with Crippen molar-refractivity contribution >= 4 is 22.6 Å². The first-order valence-electron chi connectivity index (χ1n) is 6.95. The van der Waals surface area contributed by atoms with Crippen LogP contribution >= 0.6 is 12.4 Å². The minimum Gasteiger partial charge on any atom is -0.324 e. The van der Waals surface area contributed by atoms with E-state index in [0.717, 1.165) is 25.7 Å². The molecule has 1 saturated heterocycles. The Kier molecular flexibility index (Phi) is 5.66. The van der Waals surface area contributed by atoms with E-state index in [1.807, 2.05) is 13.8 Å². The molecule has 114 valence electrons. The topological polar surface area (TPSA) is 75.4 Å². The van der Waals surface area contributed by atoms with Crippen LogP contribution in [0, 0.1) is 5.92 Å². The van der Waals surface area contributed by atoms with E-state index in [2.05, 4.69) is 4.72 Å². The molecule has 19 heavy (non-hydrogen) atoms. The van der Waals surface area contributed by atoms with Gasteiger partial charge in [-0.15, -0.1) is 12.4 Å². The second-order valence-electron chi connectivity index (χ2n) is 5.80. The Balaban J connectivity index is 0.00000180. The molecule has 0 aromatic rings. The van der Waals surface area contributed by atoms with E-state index in [4.69, 9.17) is 5.73 Å². The van der Waals surface area contributed by atoms with Crippen molar-refractivity contribution in [1.82, 2.24) is 9.03 Å². The Morgan fingerprint density at radius 1 is 1.32 bits per heavy atom. The lowest BCUT2D eigenvalue weighted by Crippen LogP contribution is -2.53. The Labute approximate surface area is 122 Å². The van der Waals surface area contributed by atoms with Crippen LogP contribution in [0.3, 0.4) is 0 Å². The quantitative estimate of drug-likeness (QED) is 0.775. The van der Waals surface area contributed by atoms with E-state index in [1.54, 1.807) is 4.31 Å². The van der Waals surface area contributed by atoms with Gasteiger partial charge < -0.3 is 5.73 Å². The minimum absolute atomic E-state index is 0. The second-order valence-corrected chi connectivity index (χ2v) is 7.51. The van der Waals surface area contributed by atoms with Crippen LogP contribution in [-0.4, -0.2) is 37.4 Å². The highest BCUT2D eigenvalue weighted by Crippen LogP contribution is 2.38. The maximum atomic E-state index is 12.3. The van der Waals surface area contributed by atoms with Crippen molar-refractivity contribution in [2.45, 2.75) is 57.5 Å². The zero-order chi connectivity index (χ0) is 13.4. The number of rotatable bonds is 6. The molecule has 0 spiro atoms. The summed E-state index contributed by atoms with van der Waals surface area (Å²) in [5.74, 6) is 0.576. The summed E-state index contributed by atoms with van der Waals surface area (Å²) in [5, 5.41) is 0. The molecule has 2 atom stereocenters. The van der Waals surface area contributed by atoms with Gasteiger partial charge in [-0.2, -0.15) is 12.7 Å². The first-order valence-corrected chi connectivity index (χ1v) is 8.39. The molecular weight excluding hydrogens is 286 g/mol. The van der Waals surface area contributed by atoms with Crippen LogP contribution in [0.15, 0.2) is 0 Å². The number of hydrogen-bond donors (Lipinski definition) is 2. The van der Waals surface area contributed by atoms with E-state index in [1.165, 1.54) is 6.42 Å². The van der Waals surface area contributed by atoms with Crippen LogP contribution in [0.4, 0.5) is 0 Å². The van der Waals surface area contributed by atoms with Crippen molar-refractivity contribution in [3.05, 3.63) is 0 Å². The zero-order valence-corrected chi connectivity index (χ0v) is 13.4. The second kappa shape index (κ2) is 6.26. The summed E-state index contributed by atoms with van der Waals surface area (Å²) in [6.07, 6.45) is 4.79. The first-order chi connectivity index (χ1) is 8.40. The third kappa shape index (κ3) is 3.61. The van der Waals surface area contributed by atoms with Crippen molar-refractivity contribution < 1.29 is 8.42 Å². The molecule has 1 heterocycles. The number of hydrogen-bond acceptors (Lipinski definition) is 3. The highest BCUT2D eigenvalue weighted by atomic mass is 35.5. The first kappa shape index (κ1) is 17.2. The molecule has 0 amide bonds. The third-order valence-electron chi connectivity index (χ3n) is 4.68. The highest BCUT2D eigenvalue weighted by Gasteiger charge is 2.43. The summed E-state index contributed by atoms with van der Waals surface area (Å²) in [5.41, 5.74) is 5.71. The Morgan fingerprint density at radius 2 is 1.95 bits per heavy atom. The number of nitrogens with one attached hydrogen (secondary N) is 1. The molecule has 5 nitrogen and oxygen atoms in total. The third-order valence-corrected chi connectivity index (χ3v) is 6.26. The molecule has 2 aliphatic rings. The van der Waals surface area contributed by atoms with E-state index in [0.29, 0.717) is 19.0 Å². The normalized spacial score (nSPS) is 27.5. The summed E-state index contributed by atoms with van der Waals surface area (Å²) in [6, 6.07) is 0.225. The summed E-state index contributed by atoms with van der Waals surface area (Å²) in [6.45, 7) is 5.01. The van der Waals surface area contributed by atoms with Crippen molar-refractivity contribution in [3.63, 3.8) is 0 Å². The molecule has 1 aliphatic heterocycles. The summed E-state index contributed by atoms with van der Waals surface area (Å²) in [7, 11) is -3.34. The van der Waals surface area contributed by atoms with Gasteiger partial charge in [0.05, 0.1) is 0 Å². The highest BCUT2D eigenvalue weighted by molar-refractivity contribution is 7.87. The van der Waals surface area contributed by atoms with Gasteiger partial charge in [0, 0.05) is 24.7 Å². The number of fused-ring (bicyclic) bond motifs is 2. The van der Waals surface area contributed by atoms with E-state index in [-0.39, 0.29) is 18.4 Å². The minimum atomic E-state index is -3.34. The standard InChI is InChI=1S/C12H25N3O2S.ClH/c1-3-12(13,4-2)9-14-18(16,17)15-8-10-5-6-11(15)7-10;/h10-11,14H,3-9,13H2,1-2H3;1H. The fourth-order valence-electron chi connectivity index (χ4n) is 2.99. The van der Waals surface area contributed by atoms with Gasteiger partial charge >= 0.3 is 0 Å². The molecule has 7 heteroatoms. The average molecular weight is 312 g/mol. The summed E-state index contributed by atoms with van der Waals surface area (Å²) >= 11 is 0.